The summed E-state index contributed by atoms with van der Waals surface area (Å²) in [6.07, 6.45) is -0.311. The van der Waals surface area contributed by atoms with Crippen LogP contribution in [0.25, 0.3) is 0 Å². The van der Waals surface area contributed by atoms with E-state index in [1.165, 1.54) is 0 Å². The molecule has 1 aromatic carbocycles. The maximum Gasteiger partial charge on any atom is 1.00 e. The third-order valence-electron chi connectivity index (χ3n) is 1.53. The van der Waals surface area contributed by atoms with Gasteiger partial charge in [0.25, 0.3) is 0 Å². The van der Waals surface area contributed by atoms with Crippen LogP contribution in [0.1, 0.15) is 11.9 Å². The third-order valence-corrected chi connectivity index (χ3v) is 2.21. The first-order valence-electron chi connectivity index (χ1n) is 3.50. The quantitative estimate of drug-likeness (QED) is 0.402. The molecular weight excluding hydrogens is 227 g/mol. The number of benzene rings is 1. The van der Waals surface area contributed by atoms with Crippen LogP contribution in [0, 0.1) is 6.07 Å². The zero-order chi connectivity index (χ0) is 8.97. The normalized spacial score (nSPS) is 9.85. The predicted molar refractivity (Wildman–Crippen MR) is 49.7 cm³/mol. The van der Waals surface area contributed by atoms with Crippen LogP contribution in [0.2, 0.25) is 0 Å². The van der Waals surface area contributed by atoms with Gasteiger partial charge in [0.15, 0.2) is 6.29 Å². The van der Waals surface area contributed by atoms with E-state index in [1.54, 1.807) is 14.2 Å². The average molecular weight is 237 g/mol. The zero-order valence-electron chi connectivity index (χ0n) is 8.00. The molecule has 4 heteroatoms. The van der Waals surface area contributed by atoms with Crippen LogP contribution in [0.15, 0.2) is 22.7 Å². The van der Waals surface area contributed by atoms with Gasteiger partial charge in [-0.15, -0.1) is 15.9 Å². The molecule has 0 bridgehead atoms. The molecule has 2 nitrogen and oxygen atoms in total. The summed E-state index contributed by atoms with van der Waals surface area (Å²) < 4.78 is 11.1. The summed E-state index contributed by atoms with van der Waals surface area (Å²) in [6.45, 7) is 0. The molecule has 0 aliphatic carbocycles. The molecule has 1 rings (SSSR count). The van der Waals surface area contributed by atoms with E-state index in [2.05, 4.69) is 22.0 Å². The van der Waals surface area contributed by atoms with Crippen LogP contribution in [0.4, 0.5) is 0 Å². The second-order valence-corrected chi connectivity index (χ2v) is 3.11. The Morgan fingerprint density at radius 3 is 2.46 bits per heavy atom. The van der Waals surface area contributed by atoms with Gasteiger partial charge >= 0.3 is 18.9 Å². The fourth-order valence-electron chi connectivity index (χ4n) is 0.963. The Hall–Kier alpha value is 0.217. The van der Waals surface area contributed by atoms with Gasteiger partial charge in [0, 0.05) is 14.2 Å². The topological polar surface area (TPSA) is 18.5 Å². The fourth-order valence-corrected chi connectivity index (χ4v) is 1.41. The number of hydrogen-bond donors (Lipinski definition) is 0. The molecule has 66 valence electrons. The molecule has 0 saturated carbocycles. The molecule has 0 aliphatic heterocycles. The summed E-state index contributed by atoms with van der Waals surface area (Å²) in [5, 5.41) is 0. The maximum absolute atomic E-state index is 5.10. The Morgan fingerprint density at radius 2 is 2.00 bits per heavy atom. The Labute approximate surface area is 98.9 Å². The van der Waals surface area contributed by atoms with Crippen molar-refractivity contribution in [1.29, 1.82) is 0 Å². The molecular formula is C9H10BrLiO2. The minimum Gasteiger partial charge on any atom is -0.354 e. The van der Waals surface area contributed by atoms with Crippen LogP contribution in [0.3, 0.4) is 0 Å². The molecule has 0 aliphatic rings. The van der Waals surface area contributed by atoms with Gasteiger partial charge < -0.3 is 9.47 Å². The van der Waals surface area contributed by atoms with E-state index in [1.807, 2.05) is 18.2 Å². The van der Waals surface area contributed by atoms with Crippen LogP contribution in [-0.2, 0) is 9.47 Å². The summed E-state index contributed by atoms with van der Waals surface area (Å²) >= 11 is 3.39. The molecule has 0 aromatic heterocycles. The second-order valence-electron chi connectivity index (χ2n) is 2.25. The minimum absolute atomic E-state index is 0. The Morgan fingerprint density at radius 1 is 1.38 bits per heavy atom. The van der Waals surface area contributed by atoms with Crippen molar-refractivity contribution in [3.8, 4) is 0 Å². The van der Waals surface area contributed by atoms with Crippen molar-refractivity contribution in [2.45, 2.75) is 6.29 Å². The summed E-state index contributed by atoms with van der Waals surface area (Å²) in [7, 11) is 3.22. The van der Waals surface area contributed by atoms with E-state index in [-0.39, 0.29) is 25.2 Å². The molecule has 0 spiro atoms. The summed E-state index contributed by atoms with van der Waals surface area (Å²) in [4.78, 5) is 0. The first-order chi connectivity index (χ1) is 5.79. The summed E-state index contributed by atoms with van der Waals surface area (Å²) in [6, 6.07) is 8.51. The SMILES string of the molecule is COC(OC)c1cc[c-]cc1Br.[Li+]. The number of hydrogen-bond acceptors (Lipinski definition) is 2. The van der Waals surface area contributed by atoms with E-state index >= 15 is 0 Å². The van der Waals surface area contributed by atoms with Crippen molar-refractivity contribution >= 4 is 15.9 Å². The van der Waals surface area contributed by atoms with Crippen molar-refractivity contribution in [2.24, 2.45) is 0 Å². The van der Waals surface area contributed by atoms with E-state index in [4.69, 9.17) is 9.47 Å². The Bertz CT molecular complexity index is 251. The first kappa shape index (κ1) is 13.2. The van der Waals surface area contributed by atoms with Gasteiger partial charge in [0.2, 0.25) is 0 Å². The molecule has 0 N–H and O–H groups in total. The van der Waals surface area contributed by atoms with Crippen molar-refractivity contribution in [2.75, 3.05) is 14.2 Å². The monoisotopic (exact) mass is 236 g/mol. The Kier molecular flexibility index (Phi) is 6.75. The van der Waals surface area contributed by atoms with Crippen LogP contribution in [0.5, 0.6) is 0 Å². The molecule has 0 unspecified atom stereocenters. The molecule has 0 saturated heterocycles. The second kappa shape index (κ2) is 6.64. The smallest absolute Gasteiger partial charge is 0.354 e. The average Bonchev–Trinajstić information content (AvgIpc) is 2.10. The van der Waals surface area contributed by atoms with Crippen molar-refractivity contribution in [3.05, 3.63) is 34.3 Å². The van der Waals surface area contributed by atoms with Crippen molar-refractivity contribution in [3.63, 3.8) is 0 Å². The minimum atomic E-state index is -0.311. The van der Waals surface area contributed by atoms with Crippen LogP contribution < -0.4 is 18.9 Å². The van der Waals surface area contributed by atoms with Crippen LogP contribution >= 0.6 is 15.9 Å². The van der Waals surface area contributed by atoms with E-state index in [0.29, 0.717) is 0 Å². The van der Waals surface area contributed by atoms with Gasteiger partial charge in [-0.25, -0.2) is 0 Å². The predicted octanol–water partition coefficient (Wildman–Crippen LogP) is -0.455. The molecule has 1 aromatic rings. The van der Waals surface area contributed by atoms with Crippen molar-refractivity contribution in [1.82, 2.24) is 0 Å². The van der Waals surface area contributed by atoms with Crippen molar-refractivity contribution < 1.29 is 28.3 Å². The third kappa shape index (κ3) is 3.45. The van der Waals surface area contributed by atoms with E-state index in [9.17, 15) is 0 Å². The number of ether oxygens (including phenoxy) is 2. The molecule has 0 heterocycles. The van der Waals surface area contributed by atoms with Gasteiger partial charge in [-0.1, -0.05) is 10.0 Å². The van der Waals surface area contributed by atoms with E-state index in [0.717, 1.165) is 10.0 Å². The molecule has 0 radical (unpaired) electrons. The van der Waals surface area contributed by atoms with Gasteiger partial charge in [-0.05, 0) is 0 Å². The number of halogens is 1. The standard InChI is InChI=1S/C9H10BrO2.Li/c1-11-9(12-2)7-5-3-4-6-8(7)10;/h3,5-6,9H,1-2H3;/q-1;+1. The summed E-state index contributed by atoms with van der Waals surface area (Å²) in [5.41, 5.74) is 0.971. The number of methoxy groups -OCH3 is 2. The molecule has 0 atom stereocenters. The maximum atomic E-state index is 5.10. The Balaban J connectivity index is 0.00000144. The van der Waals surface area contributed by atoms with Crippen LogP contribution in [-0.4, -0.2) is 14.2 Å². The summed E-state index contributed by atoms with van der Waals surface area (Å²) in [5.74, 6) is 0. The fraction of sp³-hybridized carbons (Fsp3) is 0.333. The first-order valence-corrected chi connectivity index (χ1v) is 4.30. The van der Waals surface area contributed by atoms with E-state index < -0.39 is 0 Å². The van der Waals surface area contributed by atoms with Gasteiger partial charge in [0.1, 0.15) is 0 Å². The zero-order valence-corrected chi connectivity index (χ0v) is 9.59. The van der Waals surface area contributed by atoms with Gasteiger partial charge in [0.05, 0.1) is 0 Å². The molecule has 0 fully saturated rings. The number of rotatable bonds is 3. The van der Waals surface area contributed by atoms with Gasteiger partial charge in [-0.3, -0.25) is 0 Å². The molecule has 0 amide bonds. The largest absolute Gasteiger partial charge is 1.00 e. The van der Waals surface area contributed by atoms with Gasteiger partial charge in [-0.2, -0.15) is 24.3 Å². The molecule has 13 heavy (non-hydrogen) atoms.